The van der Waals surface area contributed by atoms with E-state index < -0.39 is 17.5 Å². The molecule has 2 aromatic rings. The van der Waals surface area contributed by atoms with Gasteiger partial charge >= 0.3 is 0 Å². The summed E-state index contributed by atoms with van der Waals surface area (Å²) in [6, 6.07) is 6.76. The Balaban J connectivity index is 1.70. The van der Waals surface area contributed by atoms with E-state index in [4.69, 9.17) is 0 Å². The van der Waals surface area contributed by atoms with Crippen LogP contribution in [0.2, 0.25) is 0 Å². The predicted molar refractivity (Wildman–Crippen MR) is 98.5 cm³/mol. The lowest BCUT2D eigenvalue weighted by Crippen LogP contribution is -2.44. The molecule has 0 radical (unpaired) electrons. The van der Waals surface area contributed by atoms with Crippen LogP contribution in [0.4, 0.5) is 18.9 Å². The minimum absolute atomic E-state index is 0.131. The van der Waals surface area contributed by atoms with Gasteiger partial charge in [-0.2, -0.15) is 0 Å². The molecule has 1 N–H and O–H groups in total. The fourth-order valence-corrected chi connectivity index (χ4v) is 5.70. The Morgan fingerprint density at radius 2 is 2.00 bits per heavy atom. The first-order valence-corrected chi connectivity index (χ1v) is 10.1. The second-order valence-corrected chi connectivity index (χ2v) is 8.33. The second-order valence-electron chi connectivity index (χ2n) is 7.20. The highest BCUT2D eigenvalue weighted by Crippen LogP contribution is 2.51. The van der Waals surface area contributed by atoms with Gasteiger partial charge in [0, 0.05) is 35.5 Å². The summed E-state index contributed by atoms with van der Waals surface area (Å²) in [6.45, 7) is 2.97. The maximum Gasteiger partial charge on any atom is 0.195 e. The zero-order valence-electron chi connectivity index (χ0n) is 14.2. The molecule has 3 aliphatic heterocycles. The number of fused-ring (bicyclic) bond motifs is 3. The molecular weight excluding hydrogens is 357 g/mol. The SMILES string of the molecule is Fc1ccc(-c2cc3c4c(c2)[C@@H]2CNCC[C@@H]2N4CCCS3)c(F)c1F. The number of halogens is 3. The quantitative estimate of drug-likeness (QED) is 0.736. The van der Waals surface area contributed by atoms with E-state index in [1.165, 1.54) is 17.3 Å². The summed E-state index contributed by atoms with van der Waals surface area (Å²) >= 11 is 1.78. The first kappa shape index (κ1) is 16.5. The Morgan fingerprint density at radius 1 is 1.12 bits per heavy atom. The Bertz CT molecular complexity index is 886. The van der Waals surface area contributed by atoms with Gasteiger partial charge in [0.1, 0.15) is 0 Å². The number of nitrogens with zero attached hydrogens (tertiary/aromatic N) is 1. The minimum atomic E-state index is -1.40. The van der Waals surface area contributed by atoms with E-state index in [1.54, 1.807) is 11.8 Å². The fourth-order valence-electron chi connectivity index (χ4n) is 4.63. The number of piperidine rings is 1. The summed E-state index contributed by atoms with van der Waals surface area (Å²) < 4.78 is 41.5. The maximum atomic E-state index is 14.4. The van der Waals surface area contributed by atoms with Crippen molar-refractivity contribution in [2.24, 2.45) is 0 Å². The van der Waals surface area contributed by atoms with E-state index in [0.717, 1.165) is 49.2 Å². The van der Waals surface area contributed by atoms with Crippen LogP contribution in [0.1, 0.15) is 24.3 Å². The molecule has 2 atom stereocenters. The lowest BCUT2D eigenvalue weighted by molar-refractivity contribution is 0.403. The highest BCUT2D eigenvalue weighted by molar-refractivity contribution is 7.99. The maximum absolute atomic E-state index is 14.4. The van der Waals surface area contributed by atoms with Gasteiger partial charge in [0.25, 0.3) is 0 Å². The molecule has 0 saturated carbocycles. The average molecular weight is 376 g/mol. The van der Waals surface area contributed by atoms with Crippen LogP contribution < -0.4 is 10.2 Å². The third-order valence-corrected chi connectivity index (χ3v) is 6.90. The van der Waals surface area contributed by atoms with Gasteiger partial charge in [-0.25, -0.2) is 13.2 Å². The number of nitrogens with one attached hydrogen (secondary N) is 1. The molecule has 3 heterocycles. The summed E-state index contributed by atoms with van der Waals surface area (Å²) in [5, 5.41) is 3.47. The van der Waals surface area contributed by atoms with Crippen molar-refractivity contribution in [2.75, 3.05) is 30.3 Å². The second kappa shape index (κ2) is 6.20. The summed E-state index contributed by atoms with van der Waals surface area (Å²) in [5.74, 6) is -2.28. The van der Waals surface area contributed by atoms with Gasteiger partial charge in [0.15, 0.2) is 17.5 Å². The first-order chi connectivity index (χ1) is 12.6. The van der Waals surface area contributed by atoms with Crippen molar-refractivity contribution in [3.63, 3.8) is 0 Å². The van der Waals surface area contributed by atoms with Gasteiger partial charge in [0.2, 0.25) is 0 Å². The predicted octanol–water partition coefficient (Wildman–Crippen LogP) is 4.53. The molecule has 3 aliphatic rings. The van der Waals surface area contributed by atoms with Crippen molar-refractivity contribution in [1.82, 2.24) is 5.32 Å². The Morgan fingerprint density at radius 3 is 2.88 bits per heavy atom. The van der Waals surface area contributed by atoms with Crippen LogP contribution in [0.5, 0.6) is 0 Å². The zero-order chi connectivity index (χ0) is 17.8. The standard InChI is InChI=1S/C20H19F3N2S/c21-15-3-2-12(18(22)19(15)23)11-8-13-14-10-24-5-4-16(14)25-6-1-7-26-17(9-11)20(13)25/h2-3,8-9,14,16,24H,1,4-7,10H2/t14-,16-/m0/s1. The van der Waals surface area contributed by atoms with E-state index in [0.29, 0.717) is 17.5 Å². The average Bonchev–Trinajstić information content (AvgIpc) is 2.82. The number of thioether (sulfide) groups is 1. The third kappa shape index (κ3) is 2.38. The number of rotatable bonds is 1. The van der Waals surface area contributed by atoms with Gasteiger partial charge in [-0.05, 0) is 60.5 Å². The molecule has 0 aromatic heterocycles. The lowest BCUT2D eigenvalue weighted by Gasteiger charge is -2.33. The Hall–Kier alpha value is -1.66. The zero-order valence-corrected chi connectivity index (χ0v) is 15.0. The summed E-state index contributed by atoms with van der Waals surface area (Å²) in [5.41, 5.74) is 3.26. The van der Waals surface area contributed by atoms with Crippen molar-refractivity contribution in [3.05, 3.63) is 47.3 Å². The number of hydrogen-bond donors (Lipinski definition) is 1. The van der Waals surface area contributed by atoms with E-state index in [1.807, 2.05) is 12.1 Å². The number of anilines is 1. The molecule has 26 heavy (non-hydrogen) atoms. The van der Waals surface area contributed by atoms with Crippen LogP contribution in [0.3, 0.4) is 0 Å². The van der Waals surface area contributed by atoms with Gasteiger partial charge in [-0.1, -0.05) is 0 Å². The van der Waals surface area contributed by atoms with Crippen LogP contribution >= 0.6 is 11.8 Å². The first-order valence-electron chi connectivity index (χ1n) is 9.07. The fraction of sp³-hybridized carbons (Fsp3) is 0.400. The molecular formula is C20H19F3N2S. The van der Waals surface area contributed by atoms with Crippen LogP contribution in [-0.2, 0) is 0 Å². The molecule has 0 amide bonds. The van der Waals surface area contributed by atoms with E-state index in [9.17, 15) is 13.2 Å². The Labute approximate surface area is 154 Å². The number of benzene rings is 2. The van der Waals surface area contributed by atoms with Gasteiger partial charge in [0.05, 0.1) is 5.69 Å². The van der Waals surface area contributed by atoms with Crippen molar-refractivity contribution in [1.29, 1.82) is 0 Å². The molecule has 0 bridgehead atoms. The van der Waals surface area contributed by atoms with Crippen molar-refractivity contribution < 1.29 is 13.2 Å². The molecule has 1 saturated heterocycles. The van der Waals surface area contributed by atoms with Crippen LogP contribution in [-0.4, -0.2) is 31.4 Å². The number of hydrogen-bond acceptors (Lipinski definition) is 3. The summed E-state index contributed by atoms with van der Waals surface area (Å²) in [6.07, 6.45) is 2.21. The molecule has 5 rings (SSSR count). The van der Waals surface area contributed by atoms with Gasteiger partial charge in [-0.15, -0.1) is 11.8 Å². The van der Waals surface area contributed by atoms with Crippen molar-refractivity contribution in [2.45, 2.75) is 29.7 Å². The molecule has 2 nitrogen and oxygen atoms in total. The normalized spacial score (nSPS) is 24.2. The Kier molecular flexibility index (Phi) is 3.94. The van der Waals surface area contributed by atoms with E-state index >= 15 is 0 Å². The van der Waals surface area contributed by atoms with Gasteiger partial charge in [-0.3, -0.25) is 0 Å². The monoisotopic (exact) mass is 376 g/mol. The van der Waals surface area contributed by atoms with Crippen LogP contribution in [0, 0.1) is 17.5 Å². The third-order valence-electron chi connectivity index (χ3n) is 5.78. The highest BCUT2D eigenvalue weighted by Gasteiger charge is 2.42. The summed E-state index contributed by atoms with van der Waals surface area (Å²) in [7, 11) is 0. The van der Waals surface area contributed by atoms with Gasteiger partial charge < -0.3 is 10.2 Å². The lowest BCUT2D eigenvalue weighted by atomic mass is 9.88. The molecule has 0 aliphatic carbocycles. The van der Waals surface area contributed by atoms with Crippen molar-refractivity contribution in [3.8, 4) is 11.1 Å². The molecule has 136 valence electrons. The van der Waals surface area contributed by atoms with Crippen LogP contribution in [0.15, 0.2) is 29.2 Å². The molecule has 6 heteroatoms. The molecule has 0 spiro atoms. The van der Waals surface area contributed by atoms with Crippen molar-refractivity contribution >= 4 is 17.4 Å². The smallest absolute Gasteiger partial charge is 0.195 e. The van der Waals surface area contributed by atoms with E-state index in [2.05, 4.69) is 10.2 Å². The highest BCUT2D eigenvalue weighted by atomic mass is 32.2. The largest absolute Gasteiger partial charge is 0.367 e. The molecule has 2 aromatic carbocycles. The van der Waals surface area contributed by atoms with E-state index in [-0.39, 0.29) is 5.56 Å². The van der Waals surface area contributed by atoms with Crippen LogP contribution in [0.25, 0.3) is 11.1 Å². The molecule has 1 fully saturated rings. The minimum Gasteiger partial charge on any atom is -0.367 e. The molecule has 0 unspecified atom stereocenters. The summed E-state index contributed by atoms with van der Waals surface area (Å²) in [4.78, 5) is 3.66. The topological polar surface area (TPSA) is 15.3 Å².